The van der Waals surface area contributed by atoms with Crippen molar-refractivity contribution >= 4 is 11.8 Å². The van der Waals surface area contributed by atoms with E-state index >= 15 is 0 Å². The van der Waals surface area contributed by atoms with Gasteiger partial charge in [-0.3, -0.25) is 9.80 Å². The van der Waals surface area contributed by atoms with Crippen LogP contribution in [0.15, 0.2) is 35.2 Å². The van der Waals surface area contributed by atoms with Gasteiger partial charge in [-0.2, -0.15) is 0 Å². The van der Waals surface area contributed by atoms with Gasteiger partial charge in [0.05, 0.1) is 0 Å². The van der Waals surface area contributed by atoms with Crippen LogP contribution in [0.4, 0.5) is 0 Å². The number of benzene rings is 1. The lowest BCUT2D eigenvalue weighted by Crippen LogP contribution is -2.53. The normalized spacial score (nSPS) is 18.7. The highest BCUT2D eigenvalue weighted by Crippen LogP contribution is 2.19. The Hall–Kier alpha value is -0.510. The lowest BCUT2D eigenvalue weighted by molar-refractivity contribution is 0.0652. The smallest absolute Gasteiger partial charge is 0.0126 e. The highest BCUT2D eigenvalue weighted by Gasteiger charge is 2.25. The molecule has 0 unspecified atom stereocenters. The van der Waals surface area contributed by atoms with Gasteiger partial charge in [-0.15, -0.1) is 11.8 Å². The zero-order valence-corrected chi connectivity index (χ0v) is 13.2. The van der Waals surface area contributed by atoms with Crippen molar-refractivity contribution in [2.45, 2.75) is 31.2 Å². The molecule has 1 aromatic rings. The van der Waals surface area contributed by atoms with Gasteiger partial charge in [0, 0.05) is 48.9 Å². The van der Waals surface area contributed by atoms with Crippen LogP contribution in [-0.2, 0) is 0 Å². The first-order valence-corrected chi connectivity index (χ1v) is 8.19. The Morgan fingerprint density at radius 1 is 1.00 bits per heavy atom. The van der Waals surface area contributed by atoms with Crippen molar-refractivity contribution in [1.82, 2.24) is 9.80 Å². The van der Waals surface area contributed by atoms with Gasteiger partial charge in [0.25, 0.3) is 0 Å². The standard InChI is InChI=1S/C16H26N2S/c1-16(2,3)18-11-9-17(10-12-18)13-14-19-15-7-5-4-6-8-15/h4-8H,9-14H2,1-3H3. The zero-order valence-electron chi connectivity index (χ0n) is 12.4. The molecular weight excluding hydrogens is 252 g/mol. The quantitative estimate of drug-likeness (QED) is 0.781. The maximum Gasteiger partial charge on any atom is 0.0126 e. The molecule has 3 heteroatoms. The molecule has 1 aliphatic heterocycles. The molecule has 0 amide bonds. The topological polar surface area (TPSA) is 6.48 Å². The minimum atomic E-state index is 0.324. The fraction of sp³-hybridized carbons (Fsp3) is 0.625. The molecule has 2 rings (SSSR count). The van der Waals surface area contributed by atoms with Gasteiger partial charge in [0.15, 0.2) is 0 Å². The molecule has 0 aliphatic carbocycles. The van der Waals surface area contributed by atoms with E-state index in [1.807, 2.05) is 11.8 Å². The fourth-order valence-corrected chi connectivity index (χ4v) is 3.39. The number of rotatable bonds is 4. The van der Waals surface area contributed by atoms with E-state index in [0.29, 0.717) is 5.54 Å². The van der Waals surface area contributed by atoms with Crippen LogP contribution < -0.4 is 0 Å². The van der Waals surface area contributed by atoms with Gasteiger partial charge in [-0.05, 0) is 32.9 Å². The first-order chi connectivity index (χ1) is 9.05. The van der Waals surface area contributed by atoms with Gasteiger partial charge in [-0.1, -0.05) is 18.2 Å². The second-order valence-electron chi connectivity index (χ2n) is 6.16. The van der Waals surface area contributed by atoms with Crippen molar-refractivity contribution in [1.29, 1.82) is 0 Å². The SMILES string of the molecule is CC(C)(C)N1CCN(CCSc2ccccc2)CC1. The molecule has 0 atom stereocenters. The predicted molar refractivity (Wildman–Crippen MR) is 84.9 cm³/mol. The lowest BCUT2D eigenvalue weighted by Gasteiger charge is -2.42. The molecule has 0 radical (unpaired) electrons. The fourth-order valence-electron chi connectivity index (χ4n) is 2.45. The Kier molecular flexibility index (Phi) is 5.31. The molecule has 0 aromatic heterocycles. The number of nitrogens with zero attached hydrogens (tertiary/aromatic N) is 2. The summed E-state index contributed by atoms with van der Waals surface area (Å²) in [6.45, 7) is 13.0. The van der Waals surface area contributed by atoms with Gasteiger partial charge in [-0.25, -0.2) is 0 Å². The largest absolute Gasteiger partial charge is 0.300 e. The van der Waals surface area contributed by atoms with Gasteiger partial charge in [0.2, 0.25) is 0 Å². The molecule has 0 N–H and O–H groups in total. The third-order valence-electron chi connectivity index (χ3n) is 3.74. The van der Waals surface area contributed by atoms with E-state index in [1.165, 1.54) is 43.4 Å². The molecule has 19 heavy (non-hydrogen) atoms. The number of piperazine rings is 1. The molecule has 1 saturated heterocycles. The summed E-state index contributed by atoms with van der Waals surface area (Å²) < 4.78 is 0. The van der Waals surface area contributed by atoms with Gasteiger partial charge in [0.1, 0.15) is 0 Å². The van der Waals surface area contributed by atoms with Crippen LogP contribution in [0.1, 0.15) is 20.8 Å². The van der Waals surface area contributed by atoms with Crippen LogP contribution in [0.5, 0.6) is 0 Å². The zero-order chi connectivity index (χ0) is 13.7. The summed E-state index contributed by atoms with van der Waals surface area (Å²) in [5.41, 5.74) is 0.324. The van der Waals surface area contributed by atoms with Crippen LogP contribution in [-0.4, -0.2) is 53.8 Å². The van der Waals surface area contributed by atoms with Crippen LogP contribution in [0.3, 0.4) is 0 Å². The summed E-state index contributed by atoms with van der Waals surface area (Å²) >= 11 is 1.97. The van der Waals surface area contributed by atoms with Crippen LogP contribution in [0.25, 0.3) is 0 Å². The van der Waals surface area contributed by atoms with Crippen molar-refractivity contribution in [2.75, 3.05) is 38.5 Å². The van der Waals surface area contributed by atoms with Crippen molar-refractivity contribution in [3.8, 4) is 0 Å². The second-order valence-corrected chi connectivity index (χ2v) is 7.33. The summed E-state index contributed by atoms with van der Waals surface area (Å²) in [6, 6.07) is 10.7. The van der Waals surface area contributed by atoms with Crippen LogP contribution in [0, 0.1) is 0 Å². The molecule has 106 valence electrons. The lowest BCUT2D eigenvalue weighted by atomic mass is 10.1. The first-order valence-electron chi connectivity index (χ1n) is 7.21. The van der Waals surface area contributed by atoms with E-state index < -0.39 is 0 Å². The summed E-state index contributed by atoms with van der Waals surface area (Å²) in [5, 5.41) is 0. The Morgan fingerprint density at radius 2 is 1.63 bits per heavy atom. The van der Waals surface area contributed by atoms with Crippen molar-refractivity contribution in [3.63, 3.8) is 0 Å². The first kappa shape index (κ1) is 14.9. The Balaban J connectivity index is 1.66. The van der Waals surface area contributed by atoms with E-state index in [0.717, 1.165) is 0 Å². The minimum absolute atomic E-state index is 0.324. The molecule has 2 nitrogen and oxygen atoms in total. The van der Waals surface area contributed by atoms with E-state index in [9.17, 15) is 0 Å². The molecule has 0 spiro atoms. The number of hydrogen-bond donors (Lipinski definition) is 0. The molecule has 1 aromatic carbocycles. The van der Waals surface area contributed by atoms with E-state index in [4.69, 9.17) is 0 Å². The number of thioether (sulfide) groups is 1. The van der Waals surface area contributed by atoms with Gasteiger partial charge < -0.3 is 0 Å². The average molecular weight is 278 g/mol. The maximum absolute atomic E-state index is 2.60. The molecule has 1 heterocycles. The molecule has 0 saturated carbocycles. The predicted octanol–water partition coefficient (Wildman–Crippen LogP) is 3.19. The van der Waals surface area contributed by atoms with Crippen LogP contribution >= 0.6 is 11.8 Å². The summed E-state index contributed by atoms with van der Waals surface area (Å²) in [6.07, 6.45) is 0. The van der Waals surface area contributed by atoms with Crippen molar-refractivity contribution in [3.05, 3.63) is 30.3 Å². The summed E-state index contributed by atoms with van der Waals surface area (Å²) in [5.74, 6) is 1.19. The summed E-state index contributed by atoms with van der Waals surface area (Å²) in [4.78, 5) is 6.57. The van der Waals surface area contributed by atoms with Crippen molar-refractivity contribution in [2.24, 2.45) is 0 Å². The molecule has 1 aliphatic rings. The Bertz CT molecular complexity index is 364. The van der Waals surface area contributed by atoms with E-state index in [2.05, 4.69) is 60.9 Å². The Morgan fingerprint density at radius 3 is 2.21 bits per heavy atom. The summed E-state index contributed by atoms with van der Waals surface area (Å²) in [7, 11) is 0. The monoisotopic (exact) mass is 278 g/mol. The molecular formula is C16H26N2S. The van der Waals surface area contributed by atoms with Crippen molar-refractivity contribution < 1.29 is 0 Å². The highest BCUT2D eigenvalue weighted by molar-refractivity contribution is 7.99. The second kappa shape index (κ2) is 6.78. The van der Waals surface area contributed by atoms with Crippen LogP contribution in [0.2, 0.25) is 0 Å². The average Bonchev–Trinajstić information content (AvgIpc) is 2.39. The minimum Gasteiger partial charge on any atom is -0.300 e. The molecule has 1 fully saturated rings. The van der Waals surface area contributed by atoms with E-state index in [1.54, 1.807) is 0 Å². The van der Waals surface area contributed by atoms with Gasteiger partial charge >= 0.3 is 0 Å². The third-order valence-corrected chi connectivity index (χ3v) is 4.73. The molecule has 0 bridgehead atoms. The highest BCUT2D eigenvalue weighted by atomic mass is 32.2. The Labute approximate surface area is 122 Å². The van der Waals surface area contributed by atoms with E-state index in [-0.39, 0.29) is 0 Å². The number of hydrogen-bond acceptors (Lipinski definition) is 3. The third kappa shape index (κ3) is 4.83. The maximum atomic E-state index is 2.60.